The summed E-state index contributed by atoms with van der Waals surface area (Å²) < 4.78 is 31.4. The van der Waals surface area contributed by atoms with Gasteiger partial charge in [0.2, 0.25) is 0 Å². The Morgan fingerprint density at radius 3 is 1.08 bits per heavy atom. The van der Waals surface area contributed by atoms with Crippen molar-refractivity contribution < 1.29 is 23.2 Å². The van der Waals surface area contributed by atoms with Crippen LogP contribution in [0.3, 0.4) is 0 Å². The summed E-state index contributed by atoms with van der Waals surface area (Å²) in [6, 6.07) is 5.45. The van der Waals surface area contributed by atoms with Crippen molar-refractivity contribution in [2.45, 2.75) is 252 Å². The van der Waals surface area contributed by atoms with Crippen molar-refractivity contribution in [1.29, 1.82) is 0 Å². The predicted molar refractivity (Wildman–Crippen MR) is 230 cm³/mol. The lowest BCUT2D eigenvalue weighted by Gasteiger charge is -2.22. The molecule has 0 unspecified atom stereocenters. The lowest BCUT2D eigenvalue weighted by molar-refractivity contribution is 0.105. The number of phosphoric acid groups is 1. The van der Waals surface area contributed by atoms with Crippen LogP contribution in [0.2, 0.25) is 0 Å². The van der Waals surface area contributed by atoms with E-state index in [2.05, 4.69) is 34.6 Å². The van der Waals surface area contributed by atoms with E-state index in [0.29, 0.717) is 13.2 Å². The quantitative estimate of drug-likeness (QED) is 0.0534. The zero-order valence-electron chi connectivity index (χ0n) is 36.0. The Labute approximate surface area is 330 Å². The highest BCUT2D eigenvalue weighted by Gasteiger charge is 2.27. The monoisotopic (exact) mass is 765 g/mol. The highest BCUT2D eigenvalue weighted by atomic mass is 31.2. The van der Waals surface area contributed by atoms with Gasteiger partial charge in [-0.2, -0.15) is 0 Å². The summed E-state index contributed by atoms with van der Waals surface area (Å²) in [4.78, 5) is 0. The van der Waals surface area contributed by atoms with E-state index in [1.54, 1.807) is 6.07 Å². The number of hydrogen-bond acceptors (Lipinski definition) is 5. The van der Waals surface area contributed by atoms with Crippen LogP contribution >= 0.6 is 7.82 Å². The van der Waals surface area contributed by atoms with Gasteiger partial charge in [0.15, 0.2) is 0 Å². The van der Waals surface area contributed by atoms with Crippen molar-refractivity contribution in [1.82, 2.24) is 0 Å². The first kappa shape index (κ1) is 50.1. The van der Waals surface area contributed by atoms with Gasteiger partial charge in [0.25, 0.3) is 0 Å². The second-order valence-electron chi connectivity index (χ2n) is 17.1. The Hall–Kier alpha value is -0.870. The summed E-state index contributed by atoms with van der Waals surface area (Å²) in [6.07, 6.45) is 42.1. The van der Waals surface area contributed by atoms with Gasteiger partial charge < -0.3 is 5.11 Å². The molecule has 0 amide bonds. The standard InChI is InChI=1S/C47H89O5P/c1-6-8-10-12-14-16-18-20-22-24-26-28-30-32-34-36-40-50-53(49,52-43-44-38-39-46(48)45(42-44)47(3,4)5)51-41-37-35-33-31-29-27-25-23-21-19-17-15-13-11-9-7-2/h38-39,42,48H,6-37,40-41,43H2,1-5H3. The first-order valence-electron chi connectivity index (χ1n) is 23.1. The second kappa shape index (κ2) is 34.4. The molecule has 0 heterocycles. The Bertz CT molecular complexity index is 948. The minimum atomic E-state index is -3.69. The number of unbranched alkanes of at least 4 members (excludes halogenated alkanes) is 30. The summed E-state index contributed by atoms with van der Waals surface area (Å²) in [5.41, 5.74) is 1.48. The van der Waals surface area contributed by atoms with E-state index in [0.717, 1.165) is 36.8 Å². The first-order chi connectivity index (χ1) is 25.7. The molecule has 0 saturated carbocycles. The van der Waals surface area contributed by atoms with Gasteiger partial charge in [-0.15, -0.1) is 0 Å². The Morgan fingerprint density at radius 2 is 0.774 bits per heavy atom. The summed E-state index contributed by atoms with van der Waals surface area (Å²) >= 11 is 0. The normalized spacial score (nSPS) is 12.2. The molecular formula is C47H89O5P. The molecule has 1 rings (SSSR count). The van der Waals surface area contributed by atoms with Crippen molar-refractivity contribution in [2.75, 3.05) is 13.2 Å². The molecule has 1 aromatic carbocycles. The van der Waals surface area contributed by atoms with E-state index in [1.165, 1.54) is 180 Å². The summed E-state index contributed by atoms with van der Waals surface area (Å²) in [5.74, 6) is 0.268. The van der Waals surface area contributed by atoms with E-state index < -0.39 is 7.82 Å². The van der Waals surface area contributed by atoms with Gasteiger partial charge in [0.1, 0.15) is 5.75 Å². The van der Waals surface area contributed by atoms with Crippen LogP contribution in [-0.4, -0.2) is 18.3 Å². The molecule has 5 nitrogen and oxygen atoms in total. The number of phosphoric ester groups is 1. The fourth-order valence-corrected chi connectivity index (χ4v) is 8.43. The molecule has 0 fully saturated rings. The number of phenols is 1. The van der Waals surface area contributed by atoms with E-state index in [9.17, 15) is 9.67 Å². The van der Waals surface area contributed by atoms with Gasteiger partial charge in [0, 0.05) is 0 Å². The number of aromatic hydroxyl groups is 1. The molecule has 0 spiro atoms. The van der Waals surface area contributed by atoms with Crippen LogP contribution in [-0.2, 0) is 30.2 Å². The average molecular weight is 765 g/mol. The number of phenolic OH excluding ortho intramolecular Hbond substituents is 1. The van der Waals surface area contributed by atoms with E-state index in [4.69, 9.17) is 13.6 Å². The molecule has 0 aliphatic rings. The molecule has 1 aromatic rings. The summed E-state index contributed by atoms with van der Waals surface area (Å²) in [5, 5.41) is 10.4. The van der Waals surface area contributed by atoms with Crippen molar-refractivity contribution in [3.8, 4) is 5.75 Å². The zero-order valence-corrected chi connectivity index (χ0v) is 36.9. The lowest BCUT2D eigenvalue weighted by Crippen LogP contribution is -2.12. The van der Waals surface area contributed by atoms with Crippen molar-refractivity contribution in [3.05, 3.63) is 29.3 Å². The molecule has 0 atom stereocenters. The molecule has 1 N–H and O–H groups in total. The predicted octanol–water partition coefficient (Wildman–Crippen LogP) is 16.9. The van der Waals surface area contributed by atoms with Crippen LogP contribution in [0.5, 0.6) is 5.75 Å². The molecule has 0 saturated heterocycles. The van der Waals surface area contributed by atoms with Gasteiger partial charge in [0.05, 0.1) is 19.8 Å². The minimum absolute atomic E-state index is 0.124. The maximum Gasteiger partial charge on any atom is 0.475 e. The molecular weight excluding hydrogens is 675 g/mol. The van der Waals surface area contributed by atoms with Crippen LogP contribution in [0.4, 0.5) is 0 Å². The van der Waals surface area contributed by atoms with Crippen LogP contribution < -0.4 is 0 Å². The lowest BCUT2D eigenvalue weighted by atomic mass is 9.85. The van der Waals surface area contributed by atoms with Gasteiger partial charge in [-0.3, -0.25) is 13.6 Å². The van der Waals surface area contributed by atoms with Gasteiger partial charge in [-0.1, -0.05) is 233 Å². The third kappa shape index (κ3) is 30.0. The number of benzene rings is 1. The maximum atomic E-state index is 13.7. The molecule has 6 heteroatoms. The van der Waals surface area contributed by atoms with E-state index in [-0.39, 0.29) is 17.8 Å². The zero-order chi connectivity index (χ0) is 38.7. The van der Waals surface area contributed by atoms with Crippen molar-refractivity contribution in [3.63, 3.8) is 0 Å². The molecule has 53 heavy (non-hydrogen) atoms. The second-order valence-corrected chi connectivity index (χ2v) is 18.8. The Balaban J connectivity index is 2.28. The smallest absolute Gasteiger partial charge is 0.475 e. The van der Waals surface area contributed by atoms with Gasteiger partial charge >= 0.3 is 7.82 Å². The average Bonchev–Trinajstić information content (AvgIpc) is 3.13. The molecule has 0 aromatic heterocycles. The van der Waals surface area contributed by atoms with Crippen LogP contribution in [0.25, 0.3) is 0 Å². The largest absolute Gasteiger partial charge is 0.508 e. The van der Waals surface area contributed by atoms with Gasteiger partial charge in [-0.05, 0) is 41.5 Å². The molecule has 0 radical (unpaired) electrons. The van der Waals surface area contributed by atoms with E-state index in [1.807, 2.05) is 12.1 Å². The maximum absolute atomic E-state index is 13.7. The van der Waals surface area contributed by atoms with Crippen molar-refractivity contribution in [2.24, 2.45) is 0 Å². The minimum Gasteiger partial charge on any atom is -0.508 e. The fourth-order valence-electron chi connectivity index (χ4n) is 7.19. The first-order valence-corrected chi connectivity index (χ1v) is 24.5. The Kier molecular flexibility index (Phi) is 32.5. The van der Waals surface area contributed by atoms with E-state index >= 15 is 0 Å². The van der Waals surface area contributed by atoms with Crippen LogP contribution in [0, 0.1) is 0 Å². The SMILES string of the molecule is CCCCCCCCCCCCCCCCCCOP(=O)(OCCCCCCCCCCCCCCCCCC)OCc1ccc(O)c(C(C)(C)C)c1. The highest BCUT2D eigenvalue weighted by molar-refractivity contribution is 7.48. The molecule has 0 aliphatic heterocycles. The number of rotatable bonds is 39. The molecule has 312 valence electrons. The summed E-state index contributed by atoms with van der Waals surface area (Å²) in [7, 11) is -3.69. The topological polar surface area (TPSA) is 65.0 Å². The molecule has 0 bridgehead atoms. The number of hydrogen-bond donors (Lipinski definition) is 1. The fraction of sp³-hybridized carbons (Fsp3) is 0.872. The van der Waals surface area contributed by atoms with Crippen LogP contribution in [0.1, 0.15) is 251 Å². The Morgan fingerprint density at radius 1 is 0.472 bits per heavy atom. The third-order valence-corrected chi connectivity index (χ3v) is 12.2. The van der Waals surface area contributed by atoms with Crippen LogP contribution in [0.15, 0.2) is 18.2 Å². The summed E-state index contributed by atoms with van der Waals surface area (Å²) in [6.45, 7) is 11.7. The molecule has 0 aliphatic carbocycles. The third-order valence-electron chi connectivity index (χ3n) is 10.8. The van der Waals surface area contributed by atoms with Crippen molar-refractivity contribution >= 4 is 7.82 Å². The van der Waals surface area contributed by atoms with Gasteiger partial charge in [-0.25, -0.2) is 4.57 Å². The highest BCUT2D eigenvalue weighted by Crippen LogP contribution is 2.50.